The van der Waals surface area contributed by atoms with Crippen molar-refractivity contribution in [3.63, 3.8) is 0 Å². The van der Waals surface area contributed by atoms with Crippen LogP contribution in [0.5, 0.6) is 0 Å². The van der Waals surface area contributed by atoms with Gasteiger partial charge in [-0.1, -0.05) is 55.1 Å². The Hall–Kier alpha value is -0.440. The molecule has 1 fully saturated rings. The molecule has 116 valence electrons. The van der Waals surface area contributed by atoms with Gasteiger partial charge in [0, 0.05) is 10.4 Å². The van der Waals surface area contributed by atoms with Crippen molar-refractivity contribution >= 4 is 40.8 Å². The molecule has 2 rings (SSSR count). The zero-order valence-electron chi connectivity index (χ0n) is 12.2. The summed E-state index contributed by atoms with van der Waals surface area (Å²) in [6.45, 7) is 4.74. The summed E-state index contributed by atoms with van der Waals surface area (Å²) in [5.74, 6) is 0.191. The molecule has 0 bridgehead atoms. The van der Waals surface area contributed by atoms with Crippen LogP contribution in [0.2, 0.25) is 15.1 Å². The lowest BCUT2D eigenvalue weighted by Gasteiger charge is -2.28. The number of carbonyl (C=O) groups excluding carboxylic acids is 1. The van der Waals surface area contributed by atoms with E-state index in [-0.39, 0.29) is 21.0 Å². The van der Waals surface area contributed by atoms with Gasteiger partial charge >= 0.3 is 5.97 Å². The zero-order chi connectivity index (χ0) is 15.6. The molecule has 1 atom stereocenters. The number of esters is 1. The summed E-state index contributed by atoms with van der Waals surface area (Å²) < 4.78 is 5.50. The van der Waals surface area contributed by atoms with Gasteiger partial charge < -0.3 is 4.74 Å². The Labute approximate surface area is 140 Å². The number of rotatable bonds is 6. The Morgan fingerprint density at radius 2 is 2.00 bits per heavy atom. The first kappa shape index (κ1) is 16.9. The van der Waals surface area contributed by atoms with Gasteiger partial charge in [0.1, 0.15) is 0 Å². The summed E-state index contributed by atoms with van der Waals surface area (Å²) in [5.41, 5.74) is 0.281. The van der Waals surface area contributed by atoms with Crippen molar-refractivity contribution in [2.45, 2.75) is 39.5 Å². The molecule has 2 nitrogen and oxygen atoms in total. The fourth-order valence-corrected chi connectivity index (χ4v) is 3.44. The van der Waals surface area contributed by atoms with Crippen LogP contribution in [0.1, 0.15) is 49.9 Å². The Morgan fingerprint density at radius 1 is 1.33 bits per heavy atom. The van der Waals surface area contributed by atoms with Crippen LogP contribution in [0.4, 0.5) is 0 Å². The number of benzene rings is 1. The Balaban J connectivity index is 2.08. The molecule has 0 radical (unpaired) electrons. The van der Waals surface area contributed by atoms with E-state index in [1.807, 2.05) is 0 Å². The lowest BCUT2D eigenvalue weighted by molar-refractivity contribution is 0.0242. The third-order valence-corrected chi connectivity index (χ3v) is 5.15. The molecule has 1 aromatic rings. The Kier molecular flexibility index (Phi) is 5.45. The van der Waals surface area contributed by atoms with Gasteiger partial charge in [0.05, 0.1) is 22.2 Å². The average Bonchev–Trinajstić information content (AvgIpc) is 3.25. The van der Waals surface area contributed by atoms with E-state index in [0.29, 0.717) is 17.5 Å². The van der Waals surface area contributed by atoms with Crippen LogP contribution in [0.15, 0.2) is 12.1 Å². The predicted octanol–water partition coefficient (Wildman–Crippen LogP) is 6.02. The SMILES string of the molecule is CCCC(C)(COC(=O)c1cc(Cl)cc(Cl)c1Cl)C1CC1. The van der Waals surface area contributed by atoms with E-state index < -0.39 is 5.97 Å². The molecule has 1 aliphatic rings. The van der Waals surface area contributed by atoms with Crippen molar-refractivity contribution in [2.75, 3.05) is 6.61 Å². The van der Waals surface area contributed by atoms with Gasteiger partial charge in [0.15, 0.2) is 0 Å². The first-order valence-corrected chi connectivity index (χ1v) is 8.32. The van der Waals surface area contributed by atoms with Crippen molar-refractivity contribution in [2.24, 2.45) is 11.3 Å². The second kappa shape index (κ2) is 6.76. The molecule has 1 unspecified atom stereocenters. The molecule has 0 amide bonds. The van der Waals surface area contributed by atoms with E-state index in [1.54, 1.807) is 0 Å². The summed E-state index contributed by atoms with van der Waals surface area (Å²) in [6.07, 6.45) is 4.57. The zero-order valence-corrected chi connectivity index (χ0v) is 14.5. The third-order valence-electron chi connectivity index (χ3n) is 4.13. The quantitative estimate of drug-likeness (QED) is 0.463. The fourth-order valence-electron chi connectivity index (χ4n) is 2.76. The average molecular weight is 350 g/mol. The van der Waals surface area contributed by atoms with Gasteiger partial charge in [-0.2, -0.15) is 0 Å². The van der Waals surface area contributed by atoms with E-state index in [4.69, 9.17) is 39.5 Å². The van der Waals surface area contributed by atoms with Gasteiger partial charge in [-0.25, -0.2) is 4.79 Å². The molecule has 1 aliphatic carbocycles. The minimum Gasteiger partial charge on any atom is -0.461 e. The van der Waals surface area contributed by atoms with Crippen LogP contribution in [0.3, 0.4) is 0 Å². The summed E-state index contributed by atoms with van der Waals surface area (Å²) in [4.78, 5) is 12.2. The minimum atomic E-state index is -0.465. The van der Waals surface area contributed by atoms with Gasteiger partial charge in [-0.3, -0.25) is 0 Å². The lowest BCUT2D eigenvalue weighted by atomic mass is 9.81. The highest BCUT2D eigenvalue weighted by atomic mass is 35.5. The fraction of sp³-hybridized carbons (Fsp3) is 0.562. The summed E-state index contributed by atoms with van der Waals surface area (Å²) in [5, 5.41) is 0.819. The third kappa shape index (κ3) is 4.06. The lowest BCUT2D eigenvalue weighted by Crippen LogP contribution is -2.27. The number of carbonyl (C=O) groups is 1. The molecule has 0 N–H and O–H groups in total. The van der Waals surface area contributed by atoms with E-state index in [9.17, 15) is 4.79 Å². The first-order chi connectivity index (χ1) is 9.87. The van der Waals surface area contributed by atoms with Gasteiger partial charge in [-0.05, 0) is 37.3 Å². The maximum Gasteiger partial charge on any atom is 0.339 e. The van der Waals surface area contributed by atoms with E-state index in [0.717, 1.165) is 12.8 Å². The number of ether oxygens (including phenoxy) is 1. The minimum absolute atomic E-state index is 0.0548. The molecule has 0 saturated heterocycles. The maximum absolute atomic E-state index is 12.2. The molecular weight excluding hydrogens is 331 g/mol. The second-order valence-electron chi connectivity index (χ2n) is 6.00. The molecule has 0 aromatic heterocycles. The van der Waals surface area contributed by atoms with Crippen molar-refractivity contribution < 1.29 is 9.53 Å². The normalized spacial score (nSPS) is 17.4. The molecule has 21 heavy (non-hydrogen) atoms. The predicted molar refractivity (Wildman–Crippen MR) is 87.5 cm³/mol. The molecule has 5 heteroatoms. The van der Waals surface area contributed by atoms with Crippen molar-refractivity contribution in [3.8, 4) is 0 Å². The smallest absolute Gasteiger partial charge is 0.339 e. The summed E-state index contributed by atoms with van der Waals surface area (Å²) in [7, 11) is 0. The highest BCUT2D eigenvalue weighted by Gasteiger charge is 2.41. The van der Waals surface area contributed by atoms with Crippen molar-refractivity contribution in [1.82, 2.24) is 0 Å². The largest absolute Gasteiger partial charge is 0.461 e. The summed E-state index contributed by atoms with van der Waals surface area (Å²) in [6, 6.07) is 3.00. The molecule has 1 aromatic carbocycles. The van der Waals surface area contributed by atoms with Crippen molar-refractivity contribution in [1.29, 1.82) is 0 Å². The summed E-state index contributed by atoms with van der Waals surface area (Å²) >= 11 is 17.9. The maximum atomic E-state index is 12.2. The standard InChI is InChI=1S/C16H19Cl3O2/c1-3-6-16(2,10-4-5-10)9-21-15(20)12-7-11(17)8-13(18)14(12)19/h7-8,10H,3-6,9H2,1-2H3. The molecule has 0 heterocycles. The van der Waals surface area contributed by atoms with Crippen molar-refractivity contribution in [3.05, 3.63) is 32.8 Å². The second-order valence-corrected chi connectivity index (χ2v) is 7.23. The molecular formula is C16H19Cl3O2. The van der Waals surface area contributed by atoms with Crippen LogP contribution >= 0.6 is 34.8 Å². The van der Waals surface area contributed by atoms with Crippen LogP contribution in [-0.4, -0.2) is 12.6 Å². The number of hydrogen-bond donors (Lipinski definition) is 0. The topological polar surface area (TPSA) is 26.3 Å². The number of hydrogen-bond acceptors (Lipinski definition) is 2. The first-order valence-electron chi connectivity index (χ1n) is 7.19. The molecule has 0 spiro atoms. The van der Waals surface area contributed by atoms with Gasteiger partial charge in [0.25, 0.3) is 0 Å². The van der Waals surface area contributed by atoms with Gasteiger partial charge in [-0.15, -0.1) is 0 Å². The van der Waals surface area contributed by atoms with Crippen LogP contribution in [-0.2, 0) is 4.74 Å². The highest BCUT2D eigenvalue weighted by molar-refractivity contribution is 6.45. The van der Waals surface area contributed by atoms with Crippen LogP contribution in [0, 0.1) is 11.3 Å². The van der Waals surface area contributed by atoms with Crippen LogP contribution in [0.25, 0.3) is 0 Å². The number of halogens is 3. The Bertz CT molecular complexity index is 541. The van der Waals surface area contributed by atoms with E-state index in [2.05, 4.69) is 13.8 Å². The molecule has 0 aliphatic heterocycles. The van der Waals surface area contributed by atoms with E-state index in [1.165, 1.54) is 25.0 Å². The molecule has 1 saturated carbocycles. The highest BCUT2D eigenvalue weighted by Crippen LogP contribution is 2.48. The van der Waals surface area contributed by atoms with Crippen LogP contribution < -0.4 is 0 Å². The van der Waals surface area contributed by atoms with Gasteiger partial charge in [0.2, 0.25) is 0 Å². The van der Waals surface area contributed by atoms with E-state index >= 15 is 0 Å². The monoisotopic (exact) mass is 348 g/mol. The Morgan fingerprint density at radius 3 is 2.57 bits per heavy atom.